The third-order valence-corrected chi connectivity index (χ3v) is 3.44. The van der Waals surface area contributed by atoms with Gasteiger partial charge in [-0.1, -0.05) is 6.07 Å². The minimum Gasteiger partial charge on any atom is -0.395 e. The van der Waals surface area contributed by atoms with Crippen LogP contribution in [0.4, 0.5) is 5.82 Å². The second-order valence-corrected chi connectivity index (χ2v) is 4.71. The van der Waals surface area contributed by atoms with Crippen molar-refractivity contribution in [3.63, 3.8) is 0 Å². The average Bonchev–Trinajstić information content (AvgIpc) is 2.26. The molecule has 0 aromatic carbocycles. The van der Waals surface area contributed by atoms with Crippen molar-refractivity contribution in [1.82, 2.24) is 4.98 Å². The Labute approximate surface area is 102 Å². The molecule has 1 aliphatic rings. The van der Waals surface area contributed by atoms with Crippen molar-refractivity contribution in [2.75, 3.05) is 18.1 Å². The van der Waals surface area contributed by atoms with Crippen LogP contribution in [0, 0.1) is 0 Å². The van der Waals surface area contributed by atoms with Crippen LogP contribution in [-0.2, 0) is 0 Å². The number of aliphatic hydroxyl groups is 1. The summed E-state index contributed by atoms with van der Waals surface area (Å²) in [6, 6.07) is 4.44. The molecule has 2 rings (SSSR count). The van der Waals surface area contributed by atoms with Crippen LogP contribution in [0.5, 0.6) is 0 Å². The summed E-state index contributed by atoms with van der Waals surface area (Å²) in [6.45, 7) is 2.77. The van der Waals surface area contributed by atoms with Gasteiger partial charge in [0.25, 0.3) is 0 Å². The molecule has 4 nitrogen and oxygen atoms in total. The van der Waals surface area contributed by atoms with Crippen LogP contribution in [0.25, 0.3) is 0 Å². The number of hydrogen-bond acceptors (Lipinski definition) is 4. The quantitative estimate of drug-likeness (QED) is 0.811. The van der Waals surface area contributed by atoms with Gasteiger partial charge in [-0.2, -0.15) is 0 Å². The maximum Gasteiger partial charge on any atom is 0.133 e. The van der Waals surface area contributed by atoms with Gasteiger partial charge < -0.3 is 15.7 Å². The normalized spacial score (nSPS) is 17.6. The van der Waals surface area contributed by atoms with Crippen LogP contribution in [0.15, 0.2) is 18.3 Å². The van der Waals surface area contributed by atoms with Gasteiger partial charge in [0.1, 0.15) is 5.82 Å². The summed E-state index contributed by atoms with van der Waals surface area (Å²) in [5.74, 6) is 0.946. The fraction of sp³-hybridized carbons (Fsp3) is 0.615. The summed E-state index contributed by atoms with van der Waals surface area (Å²) in [6.07, 6.45) is 5.45. The highest BCUT2D eigenvalue weighted by Crippen LogP contribution is 2.31. The topological polar surface area (TPSA) is 62.4 Å². The number of hydrogen-bond donors (Lipinski definition) is 2. The zero-order valence-corrected chi connectivity index (χ0v) is 10.3. The lowest BCUT2D eigenvalue weighted by Gasteiger charge is -2.39. The first kappa shape index (κ1) is 12.3. The Balaban J connectivity index is 2.27. The first-order valence-electron chi connectivity index (χ1n) is 6.32. The Kier molecular flexibility index (Phi) is 3.97. The molecule has 1 aliphatic carbocycles. The lowest BCUT2D eigenvalue weighted by Crippen LogP contribution is -2.43. The summed E-state index contributed by atoms with van der Waals surface area (Å²) in [5.41, 5.74) is 7.04. The number of nitrogens with two attached hydrogens (primary N) is 1. The average molecular weight is 235 g/mol. The van der Waals surface area contributed by atoms with E-state index in [2.05, 4.69) is 9.88 Å². The van der Waals surface area contributed by atoms with E-state index >= 15 is 0 Å². The van der Waals surface area contributed by atoms with Gasteiger partial charge >= 0.3 is 0 Å². The van der Waals surface area contributed by atoms with E-state index in [-0.39, 0.29) is 12.6 Å². The van der Waals surface area contributed by atoms with Crippen LogP contribution < -0.4 is 10.6 Å². The smallest absolute Gasteiger partial charge is 0.133 e. The first-order valence-corrected chi connectivity index (χ1v) is 6.32. The van der Waals surface area contributed by atoms with Crippen molar-refractivity contribution in [2.24, 2.45) is 5.73 Å². The van der Waals surface area contributed by atoms with Crippen LogP contribution in [0.1, 0.15) is 37.8 Å². The van der Waals surface area contributed by atoms with Gasteiger partial charge in [-0.05, 0) is 32.3 Å². The fourth-order valence-corrected chi connectivity index (χ4v) is 2.27. The minimum atomic E-state index is -0.0278. The molecule has 0 bridgehead atoms. The van der Waals surface area contributed by atoms with Gasteiger partial charge in [-0.15, -0.1) is 0 Å². The highest BCUT2D eigenvalue weighted by atomic mass is 16.3. The fourth-order valence-electron chi connectivity index (χ4n) is 2.27. The Morgan fingerprint density at radius 3 is 2.88 bits per heavy atom. The van der Waals surface area contributed by atoms with Crippen LogP contribution >= 0.6 is 0 Å². The van der Waals surface area contributed by atoms with E-state index in [1.807, 2.05) is 19.1 Å². The summed E-state index contributed by atoms with van der Waals surface area (Å²) in [5, 5.41) is 9.20. The van der Waals surface area contributed by atoms with E-state index in [4.69, 9.17) is 5.73 Å². The number of rotatable bonds is 5. The zero-order valence-electron chi connectivity index (χ0n) is 10.3. The lowest BCUT2D eigenvalue weighted by molar-refractivity contribution is 0.282. The Morgan fingerprint density at radius 2 is 2.35 bits per heavy atom. The number of anilines is 1. The van der Waals surface area contributed by atoms with Gasteiger partial charge in [0.15, 0.2) is 0 Å². The molecule has 17 heavy (non-hydrogen) atoms. The van der Waals surface area contributed by atoms with Gasteiger partial charge in [0, 0.05) is 30.4 Å². The van der Waals surface area contributed by atoms with Crippen molar-refractivity contribution >= 4 is 5.82 Å². The van der Waals surface area contributed by atoms with Crippen LogP contribution in [-0.4, -0.2) is 29.3 Å². The summed E-state index contributed by atoms with van der Waals surface area (Å²) < 4.78 is 0. The van der Waals surface area contributed by atoms with E-state index in [1.165, 1.54) is 19.3 Å². The SMILES string of the molecule is C[C@H](N)c1cccnc1N(CCO)C1CCC1. The number of aromatic nitrogens is 1. The molecule has 0 aliphatic heterocycles. The second kappa shape index (κ2) is 5.47. The molecule has 94 valence electrons. The Hall–Kier alpha value is -1.13. The van der Waals surface area contributed by atoms with E-state index in [9.17, 15) is 5.11 Å². The Morgan fingerprint density at radius 1 is 1.59 bits per heavy atom. The second-order valence-electron chi connectivity index (χ2n) is 4.71. The third kappa shape index (κ3) is 2.58. The predicted molar refractivity (Wildman–Crippen MR) is 68.9 cm³/mol. The molecule has 4 heteroatoms. The van der Waals surface area contributed by atoms with Gasteiger partial charge in [0.2, 0.25) is 0 Å². The molecular formula is C13H21N3O. The minimum absolute atomic E-state index is 0.0278. The van der Waals surface area contributed by atoms with Gasteiger partial charge in [0.05, 0.1) is 6.61 Å². The first-order chi connectivity index (χ1) is 8.24. The summed E-state index contributed by atoms with van der Waals surface area (Å²) in [4.78, 5) is 6.67. The molecule has 1 atom stereocenters. The number of pyridine rings is 1. The molecule has 0 saturated heterocycles. The molecular weight excluding hydrogens is 214 g/mol. The molecule has 0 amide bonds. The maximum atomic E-state index is 9.20. The summed E-state index contributed by atoms with van der Waals surface area (Å²) >= 11 is 0. The zero-order chi connectivity index (χ0) is 12.3. The van der Waals surface area contributed by atoms with E-state index in [0.717, 1.165) is 11.4 Å². The van der Waals surface area contributed by atoms with Crippen LogP contribution in [0.2, 0.25) is 0 Å². The lowest BCUT2D eigenvalue weighted by atomic mass is 9.91. The molecule has 1 heterocycles. The van der Waals surface area contributed by atoms with Crippen molar-refractivity contribution in [3.05, 3.63) is 23.9 Å². The maximum absolute atomic E-state index is 9.20. The third-order valence-electron chi connectivity index (χ3n) is 3.44. The van der Waals surface area contributed by atoms with Crippen molar-refractivity contribution < 1.29 is 5.11 Å². The van der Waals surface area contributed by atoms with Gasteiger partial charge in [-0.25, -0.2) is 4.98 Å². The largest absolute Gasteiger partial charge is 0.395 e. The Bertz CT molecular complexity index is 363. The van der Waals surface area contributed by atoms with Crippen molar-refractivity contribution in [1.29, 1.82) is 0 Å². The van der Waals surface area contributed by atoms with Crippen molar-refractivity contribution in [3.8, 4) is 0 Å². The van der Waals surface area contributed by atoms with E-state index in [0.29, 0.717) is 12.6 Å². The van der Waals surface area contributed by atoms with Gasteiger partial charge in [-0.3, -0.25) is 0 Å². The molecule has 0 radical (unpaired) electrons. The molecule has 1 fully saturated rings. The van der Waals surface area contributed by atoms with E-state index in [1.54, 1.807) is 6.20 Å². The molecule has 1 saturated carbocycles. The monoisotopic (exact) mass is 235 g/mol. The summed E-state index contributed by atoms with van der Waals surface area (Å²) in [7, 11) is 0. The molecule has 0 unspecified atom stereocenters. The van der Waals surface area contributed by atoms with E-state index < -0.39 is 0 Å². The number of nitrogens with zero attached hydrogens (tertiary/aromatic N) is 2. The predicted octanol–water partition coefficient (Wildman–Crippen LogP) is 1.45. The highest BCUT2D eigenvalue weighted by molar-refractivity contribution is 5.49. The molecule has 1 aromatic rings. The van der Waals surface area contributed by atoms with Crippen LogP contribution in [0.3, 0.4) is 0 Å². The molecule has 3 N–H and O–H groups in total. The number of aliphatic hydroxyl groups excluding tert-OH is 1. The molecule has 1 aromatic heterocycles. The molecule has 0 spiro atoms. The highest BCUT2D eigenvalue weighted by Gasteiger charge is 2.27. The standard InChI is InChI=1S/C13H21N3O/c1-10(14)12-6-3-7-15-13(12)16(8-9-17)11-4-2-5-11/h3,6-7,10-11,17H,2,4-5,8-9,14H2,1H3/t10-/m0/s1. The van der Waals surface area contributed by atoms with Crippen molar-refractivity contribution in [2.45, 2.75) is 38.3 Å².